The lowest BCUT2D eigenvalue weighted by molar-refractivity contribution is 0.573. The minimum atomic E-state index is 0.999. The summed E-state index contributed by atoms with van der Waals surface area (Å²) >= 11 is 2.10. The van der Waals surface area contributed by atoms with E-state index in [4.69, 9.17) is 0 Å². The van der Waals surface area contributed by atoms with E-state index in [0.29, 0.717) is 0 Å². The highest BCUT2D eigenvalue weighted by molar-refractivity contribution is 7.99. The normalized spacial score (nSPS) is 33.0. The molecule has 0 radical (unpaired) electrons. The Morgan fingerprint density at radius 3 is 2.71 bits per heavy atom. The van der Waals surface area contributed by atoms with Crippen LogP contribution in [0.3, 0.4) is 0 Å². The molecule has 1 heteroatoms. The Morgan fingerprint density at radius 1 is 1.57 bits per heavy atom. The largest absolute Gasteiger partial charge is 0.162 e. The van der Waals surface area contributed by atoms with Crippen molar-refractivity contribution in [2.45, 2.75) is 19.8 Å². The minimum absolute atomic E-state index is 0.999. The van der Waals surface area contributed by atoms with Crippen molar-refractivity contribution in [3.05, 3.63) is 0 Å². The van der Waals surface area contributed by atoms with Gasteiger partial charge in [-0.3, -0.25) is 0 Å². The van der Waals surface area contributed by atoms with Crippen LogP contribution in [0.1, 0.15) is 19.8 Å². The van der Waals surface area contributed by atoms with Crippen molar-refractivity contribution in [1.29, 1.82) is 0 Å². The van der Waals surface area contributed by atoms with Gasteiger partial charge < -0.3 is 0 Å². The average Bonchev–Trinajstić information content (AvgIpc) is 1.69. The van der Waals surface area contributed by atoms with Gasteiger partial charge in [-0.25, -0.2) is 0 Å². The van der Waals surface area contributed by atoms with Crippen LogP contribution in [-0.2, 0) is 0 Å². The third-order valence-electron chi connectivity index (χ3n) is 1.39. The highest BCUT2D eigenvalue weighted by atomic mass is 32.2. The third kappa shape index (κ3) is 1.72. The predicted octanol–water partition coefficient (Wildman–Crippen LogP) is 2.15. The highest BCUT2D eigenvalue weighted by Crippen LogP contribution is 2.21. The highest BCUT2D eigenvalue weighted by Gasteiger charge is 2.06. The number of hydrogen-bond acceptors (Lipinski definition) is 1. The van der Waals surface area contributed by atoms with Crippen molar-refractivity contribution in [1.82, 2.24) is 0 Å². The first-order valence-electron chi connectivity index (χ1n) is 2.97. The summed E-state index contributed by atoms with van der Waals surface area (Å²) in [6, 6.07) is 0. The molecule has 1 atom stereocenters. The van der Waals surface area contributed by atoms with Gasteiger partial charge in [0.1, 0.15) is 0 Å². The molecule has 1 aliphatic heterocycles. The van der Waals surface area contributed by atoms with E-state index in [1.807, 2.05) is 0 Å². The van der Waals surface area contributed by atoms with Gasteiger partial charge >= 0.3 is 0 Å². The summed E-state index contributed by atoms with van der Waals surface area (Å²) in [6.45, 7) is 2.34. The molecule has 0 aromatic carbocycles. The molecule has 7 heavy (non-hydrogen) atoms. The fourth-order valence-corrected chi connectivity index (χ4v) is 2.01. The van der Waals surface area contributed by atoms with Crippen molar-refractivity contribution in [3.63, 3.8) is 0 Å². The number of rotatable bonds is 0. The smallest absolute Gasteiger partial charge is 0.00418 e. The molecular weight excluding hydrogens is 104 g/mol. The monoisotopic (exact) mass is 116 g/mol. The van der Waals surface area contributed by atoms with Crippen molar-refractivity contribution >= 4 is 11.8 Å². The Balaban J connectivity index is 2.12. The second-order valence-corrected chi connectivity index (χ2v) is 3.47. The second kappa shape index (κ2) is 2.61. The molecule has 1 heterocycles. The Hall–Kier alpha value is 0.350. The van der Waals surface area contributed by atoms with Gasteiger partial charge in [0.25, 0.3) is 0 Å². The first kappa shape index (κ1) is 5.49. The molecule has 0 saturated carbocycles. The average molecular weight is 116 g/mol. The van der Waals surface area contributed by atoms with Gasteiger partial charge in [-0.2, -0.15) is 11.8 Å². The summed E-state index contributed by atoms with van der Waals surface area (Å²) in [7, 11) is 0. The van der Waals surface area contributed by atoms with Crippen molar-refractivity contribution in [3.8, 4) is 0 Å². The van der Waals surface area contributed by atoms with E-state index in [1.165, 1.54) is 24.3 Å². The molecule has 0 N–H and O–H groups in total. The van der Waals surface area contributed by atoms with Crippen LogP contribution in [0.5, 0.6) is 0 Å². The lowest BCUT2D eigenvalue weighted by atomic mass is 10.1. The molecule has 42 valence electrons. The molecule has 0 aromatic heterocycles. The number of hydrogen-bond donors (Lipinski definition) is 0. The van der Waals surface area contributed by atoms with Gasteiger partial charge in [0.2, 0.25) is 0 Å². The van der Waals surface area contributed by atoms with Gasteiger partial charge in [0.05, 0.1) is 0 Å². The van der Waals surface area contributed by atoms with E-state index in [2.05, 4.69) is 18.7 Å². The third-order valence-corrected chi connectivity index (χ3v) is 2.77. The lowest BCUT2D eigenvalue weighted by Gasteiger charge is -2.15. The molecule has 0 unspecified atom stereocenters. The Kier molecular flexibility index (Phi) is 2.04. The molecule has 0 amide bonds. The van der Waals surface area contributed by atoms with Crippen LogP contribution in [0.15, 0.2) is 0 Å². The van der Waals surface area contributed by atoms with E-state index in [9.17, 15) is 0 Å². The molecule has 0 aliphatic carbocycles. The standard InChI is InChI=1S/C6H12S/c1-6-3-2-4-7-5-6/h6H,2-5H2,1H3/t6-/m1/s1. The van der Waals surface area contributed by atoms with Crippen LogP contribution in [0.2, 0.25) is 0 Å². The van der Waals surface area contributed by atoms with Crippen molar-refractivity contribution in [2.24, 2.45) is 5.92 Å². The summed E-state index contributed by atoms with van der Waals surface area (Å²) in [5, 5.41) is 0. The van der Waals surface area contributed by atoms with Gasteiger partial charge in [0, 0.05) is 0 Å². The van der Waals surface area contributed by atoms with E-state index in [1.54, 1.807) is 0 Å². The first-order chi connectivity index (χ1) is 3.39. The zero-order valence-corrected chi connectivity index (χ0v) is 5.63. The molecule has 1 aliphatic rings. The van der Waals surface area contributed by atoms with E-state index in [-0.39, 0.29) is 0 Å². The second-order valence-electron chi connectivity index (χ2n) is 2.32. The maximum Gasteiger partial charge on any atom is -0.00418 e. The summed E-state index contributed by atoms with van der Waals surface area (Å²) in [4.78, 5) is 0. The molecule has 0 spiro atoms. The molecule has 0 aromatic rings. The van der Waals surface area contributed by atoms with E-state index >= 15 is 0 Å². The Morgan fingerprint density at radius 2 is 2.43 bits per heavy atom. The molecule has 1 rings (SSSR count). The van der Waals surface area contributed by atoms with Gasteiger partial charge in [-0.05, 0) is 30.3 Å². The van der Waals surface area contributed by atoms with Crippen LogP contribution < -0.4 is 0 Å². The Bertz CT molecular complexity index is 46.1. The maximum atomic E-state index is 2.34. The first-order valence-corrected chi connectivity index (χ1v) is 4.13. The number of thioether (sulfide) groups is 1. The zero-order valence-electron chi connectivity index (χ0n) is 4.81. The van der Waals surface area contributed by atoms with Gasteiger partial charge in [-0.15, -0.1) is 0 Å². The molecule has 0 bridgehead atoms. The summed E-state index contributed by atoms with van der Waals surface area (Å²) < 4.78 is 0. The summed E-state index contributed by atoms with van der Waals surface area (Å²) in [6.07, 6.45) is 2.92. The van der Waals surface area contributed by atoms with E-state index in [0.717, 1.165) is 5.92 Å². The fraction of sp³-hybridized carbons (Fsp3) is 1.00. The van der Waals surface area contributed by atoms with Crippen LogP contribution in [0.4, 0.5) is 0 Å². The SMILES string of the molecule is C[C@@H]1CCCSC1. The van der Waals surface area contributed by atoms with Crippen LogP contribution in [0, 0.1) is 5.92 Å². The summed E-state index contributed by atoms with van der Waals surface area (Å²) in [5.74, 6) is 3.81. The molecule has 0 nitrogen and oxygen atoms in total. The lowest BCUT2D eigenvalue weighted by Crippen LogP contribution is -2.04. The van der Waals surface area contributed by atoms with Crippen molar-refractivity contribution in [2.75, 3.05) is 11.5 Å². The Labute approximate surface area is 49.7 Å². The zero-order chi connectivity index (χ0) is 5.11. The molecule has 1 fully saturated rings. The maximum absolute atomic E-state index is 2.34. The quantitative estimate of drug-likeness (QED) is 0.467. The van der Waals surface area contributed by atoms with Crippen molar-refractivity contribution < 1.29 is 0 Å². The van der Waals surface area contributed by atoms with Crippen LogP contribution in [-0.4, -0.2) is 11.5 Å². The van der Waals surface area contributed by atoms with Crippen LogP contribution in [0.25, 0.3) is 0 Å². The summed E-state index contributed by atoms with van der Waals surface area (Å²) in [5.41, 5.74) is 0. The fourth-order valence-electron chi connectivity index (χ4n) is 0.902. The molecular formula is C6H12S. The van der Waals surface area contributed by atoms with Gasteiger partial charge in [0.15, 0.2) is 0 Å². The predicted molar refractivity (Wildman–Crippen MR) is 35.7 cm³/mol. The minimum Gasteiger partial charge on any atom is -0.162 e. The molecule has 1 saturated heterocycles. The van der Waals surface area contributed by atoms with E-state index < -0.39 is 0 Å². The topological polar surface area (TPSA) is 0 Å². The van der Waals surface area contributed by atoms with Crippen LogP contribution >= 0.6 is 11.8 Å². The van der Waals surface area contributed by atoms with Gasteiger partial charge in [-0.1, -0.05) is 6.92 Å².